The molecule has 2 rings (SSSR count). The number of thiazole rings is 1. The summed E-state index contributed by atoms with van der Waals surface area (Å²) >= 11 is 1.76. The summed E-state index contributed by atoms with van der Waals surface area (Å²) in [4.78, 5) is 1.31. The summed E-state index contributed by atoms with van der Waals surface area (Å²) < 4.78 is 2.19. The van der Waals surface area contributed by atoms with E-state index in [1.807, 2.05) is 0 Å². The molecule has 0 spiro atoms. The third-order valence-electron chi connectivity index (χ3n) is 1.59. The lowest BCUT2D eigenvalue weighted by molar-refractivity contribution is -0.515. The molecule has 0 N–H and O–H groups in total. The second-order valence-corrected chi connectivity index (χ2v) is 3.20. The number of fused-ring (bicyclic) bond motifs is 1. The third kappa shape index (κ3) is 0.727. The molecule has 0 aromatic carbocycles. The van der Waals surface area contributed by atoms with Crippen molar-refractivity contribution in [2.75, 3.05) is 0 Å². The van der Waals surface area contributed by atoms with Gasteiger partial charge in [-0.05, 0) is 6.07 Å². The number of rotatable bonds is 0. The van der Waals surface area contributed by atoms with Crippen molar-refractivity contribution >= 4 is 16.2 Å². The molecule has 0 radical (unpaired) electrons. The van der Waals surface area contributed by atoms with E-state index in [-0.39, 0.29) is 0 Å². The number of aryl methyl sites for hydroxylation is 1. The fourth-order valence-electron chi connectivity index (χ4n) is 1.05. The van der Waals surface area contributed by atoms with Crippen molar-refractivity contribution in [1.82, 2.24) is 0 Å². The van der Waals surface area contributed by atoms with E-state index in [1.165, 1.54) is 10.5 Å². The van der Waals surface area contributed by atoms with Crippen LogP contribution in [0.5, 0.6) is 0 Å². The smallest absolute Gasteiger partial charge is 0.155 e. The van der Waals surface area contributed by atoms with Gasteiger partial charge in [-0.2, -0.15) is 4.40 Å². The van der Waals surface area contributed by atoms with Gasteiger partial charge in [-0.3, -0.25) is 0 Å². The van der Waals surface area contributed by atoms with E-state index in [0.717, 1.165) is 0 Å². The summed E-state index contributed by atoms with van der Waals surface area (Å²) in [7, 11) is 0. The average molecular weight is 150 g/mol. The van der Waals surface area contributed by atoms with Crippen molar-refractivity contribution in [2.45, 2.75) is 6.92 Å². The molecule has 2 heteroatoms. The van der Waals surface area contributed by atoms with E-state index >= 15 is 0 Å². The van der Waals surface area contributed by atoms with Gasteiger partial charge in [-0.15, -0.1) is 0 Å². The first-order valence-corrected chi connectivity index (χ1v) is 4.10. The van der Waals surface area contributed by atoms with E-state index in [4.69, 9.17) is 0 Å². The van der Waals surface area contributed by atoms with Crippen LogP contribution in [0.3, 0.4) is 0 Å². The molecule has 50 valence electrons. The van der Waals surface area contributed by atoms with Gasteiger partial charge < -0.3 is 0 Å². The zero-order valence-corrected chi connectivity index (χ0v) is 6.56. The highest BCUT2D eigenvalue weighted by Crippen LogP contribution is 2.04. The number of hydrogen-bond donors (Lipinski definition) is 0. The molecule has 0 amide bonds. The van der Waals surface area contributed by atoms with Crippen LogP contribution in [-0.4, -0.2) is 0 Å². The van der Waals surface area contributed by atoms with Crippen LogP contribution in [0.2, 0.25) is 0 Å². The highest BCUT2D eigenvalue weighted by atomic mass is 32.1. The summed E-state index contributed by atoms with van der Waals surface area (Å²) in [5.74, 6) is 0. The lowest BCUT2D eigenvalue weighted by Gasteiger charge is -1.83. The van der Waals surface area contributed by atoms with Gasteiger partial charge in [0.2, 0.25) is 0 Å². The van der Waals surface area contributed by atoms with E-state index in [1.54, 1.807) is 11.3 Å². The first kappa shape index (κ1) is 5.86. The molecular formula is C8H8NS+. The molecule has 1 nitrogen and oxygen atoms in total. The molecule has 0 bridgehead atoms. The lowest BCUT2D eigenvalue weighted by Crippen LogP contribution is -2.20. The van der Waals surface area contributed by atoms with E-state index in [9.17, 15) is 0 Å². The molecule has 2 aromatic heterocycles. The third-order valence-corrected chi connectivity index (χ3v) is 2.42. The van der Waals surface area contributed by atoms with Crippen LogP contribution in [0, 0.1) is 6.92 Å². The van der Waals surface area contributed by atoms with E-state index in [2.05, 4.69) is 41.1 Å². The van der Waals surface area contributed by atoms with Crippen molar-refractivity contribution < 1.29 is 4.40 Å². The van der Waals surface area contributed by atoms with Crippen LogP contribution in [0.15, 0.2) is 29.8 Å². The molecular weight excluding hydrogens is 142 g/mol. The minimum atomic E-state index is 1.29. The molecule has 0 aliphatic rings. The van der Waals surface area contributed by atoms with Crippen molar-refractivity contribution in [3.63, 3.8) is 0 Å². The van der Waals surface area contributed by atoms with Gasteiger partial charge >= 0.3 is 0 Å². The zero-order chi connectivity index (χ0) is 6.97. The molecule has 0 atom stereocenters. The lowest BCUT2D eigenvalue weighted by atomic mass is 10.4. The molecule has 0 saturated carbocycles. The summed E-state index contributed by atoms with van der Waals surface area (Å²) in [6.45, 7) is 2.11. The van der Waals surface area contributed by atoms with Crippen molar-refractivity contribution in [3.05, 3.63) is 35.5 Å². The van der Waals surface area contributed by atoms with Gasteiger partial charge in [0.1, 0.15) is 0 Å². The maximum atomic E-state index is 2.19. The van der Waals surface area contributed by atoms with Crippen LogP contribution < -0.4 is 4.40 Å². The van der Waals surface area contributed by atoms with Gasteiger partial charge in [0.05, 0.1) is 5.38 Å². The SMILES string of the molecule is Cc1cccc2scc[n+]12. The molecule has 0 saturated heterocycles. The molecule has 2 aromatic rings. The zero-order valence-electron chi connectivity index (χ0n) is 5.74. The average Bonchev–Trinajstić information content (AvgIpc) is 2.36. The number of hydrogen-bond acceptors (Lipinski definition) is 1. The maximum absolute atomic E-state index is 2.19. The van der Waals surface area contributed by atoms with Crippen LogP contribution in [0.4, 0.5) is 0 Å². The first-order chi connectivity index (χ1) is 4.88. The Morgan fingerprint density at radius 2 is 2.30 bits per heavy atom. The van der Waals surface area contributed by atoms with Gasteiger partial charge in [-0.25, -0.2) is 0 Å². The highest BCUT2D eigenvalue weighted by Gasteiger charge is 2.03. The van der Waals surface area contributed by atoms with Crippen molar-refractivity contribution in [3.8, 4) is 0 Å². The quantitative estimate of drug-likeness (QED) is 0.504. The molecule has 0 unspecified atom stereocenters. The minimum absolute atomic E-state index is 1.29. The van der Waals surface area contributed by atoms with Gasteiger partial charge in [0.25, 0.3) is 4.83 Å². The largest absolute Gasteiger partial charge is 0.267 e. The molecule has 0 aliphatic carbocycles. The Kier molecular flexibility index (Phi) is 1.21. The Labute approximate surface area is 63.6 Å². The Balaban J connectivity index is 2.95. The minimum Gasteiger partial charge on any atom is -0.155 e. The Morgan fingerprint density at radius 3 is 3.10 bits per heavy atom. The molecule has 2 heterocycles. The topological polar surface area (TPSA) is 4.10 Å². The highest BCUT2D eigenvalue weighted by molar-refractivity contribution is 7.14. The predicted molar refractivity (Wildman–Crippen MR) is 42.2 cm³/mol. The monoisotopic (exact) mass is 150 g/mol. The number of pyridine rings is 1. The van der Waals surface area contributed by atoms with Crippen LogP contribution in [0.25, 0.3) is 4.83 Å². The standard InChI is InChI=1S/C8H8NS/c1-7-3-2-4-8-9(7)5-6-10-8/h2-6H,1H3/q+1. The van der Waals surface area contributed by atoms with Gasteiger partial charge in [0, 0.05) is 19.1 Å². The summed E-state index contributed by atoms with van der Waals surface area (Å²) in [5, 5.41) is 2.10. The second-order valence-electron chi connectivity index (χ2n) is 2.28. The normalized spacial score (nSPS) is 10.5. The molecule has 10 heavy (non-hydrogen) atoms. The van der Waals surface area contributed by atoms with Crippen LogP contribution in [0.1, 0.15) is 5.69 Å². The van der Waals surface area contributed by atoms with Crippen LogP contribution >= 0.6 is 11.3 Å². The predicted octanol–water partition coefficient (Wildman–Crippen LogP) is 1.80. The Bertz CT molecular complexity index is 351. The number of nitrogens with zero attached hydrogens (tertiary/aromatic N) is 1. The summed E-state index contributed by atoms with van der Waals surface area (Å²) in [6, 6.07) is 6.32. The first-order valence-electron chi connectivity index (χ1n) is 3.22. The molecule has 0 aliphatic heterocycles. The fraction of sp³-hybridized carbons (Fsp3) is 0.125. The van der Waals surface area contributed by atoms with Crippen molar-refractivity contribution in [2.24, 2.45) is 0 Å². The van der Waals surface area contributed by atoms with Crippen molar-refractivity contribution in [1.29, 1.82) is 0 Å². The fourth-order valence-corrected chi connectivity index (χ4v) is 1.85. The summed E-state index contributed by atoms with van der Waals surface area (Å²) in [6.07, 6.45) is 2.09. The maximum Gasteiger partial charge on any atom is 0.267 e. The van der Waals surface area contributed by atoms with Gasteiger partial charge in [0.15, 0.2) is 11.9 Å². The second kappa shape index (κ2) is 2.06. The van der Waals surface area contributed by atoms with E-state index < -0.39 is 0 Å². The summed E-state index contributed by atoms with van der Waals surface area (Å²) in [5.41, 5.74) is 1.29. The van der Waals surface area contributed by atoms with Crippen LogP contribution in [-0.2, 0) is 0 Å². The van der Waals surface area contributed by atoms with E-state index in [0.29, 0.717) is 0 Å². The Hall–Kier alpha value is -0.890. The molecule has 0 fully saturated rings. The number of aromatic nitrogens is 1. The van der Waals surface area contributed by atoms with Gasteiger partial charge in [-0.1, -0.05) is 11.3 Å². The Morgan fingerprint density at radius 1 is 1.40 bits per heavy atom.